The van der Waals surface area contributed by atoms with Gasteiger partial charge in [-0.25, -0.2) is 0 Å². The van der Waals surface area contributed by atoms with Crippen LogP contribution in [0.25, 0.3) is 0 Å². The SMILES string of the molecule is C=C(C)CCC(N)CCC1CCCCC1. The molecule has 1 saturated carbocycles. The Labute approximate surface area is 95.1 Å². The highest BCUT2D eigenvalue weighted by Gasteiger charge is 2.14. The van der Waals surface area contributed by atoms with Crippen molar-refractivity contribution in [3.05, 3.63) is 12.2 Å². The highest BCUT2D eigenvalue weighted by Crippen LogP contribution is 2.27. The normalized spacial score (nSPS) is 20.1. The minimum atomic E-state index is 0.406. The van der Waals surface area contributed by atoms with Gasteiger partial charge in [0, 0.05) is 6.04 Å². The van der Waals surface area contributed by atoms with Crippen molar-refractivity contribution in [1.82, 2.24) is 0 Å². The summed E-state index contributed by atoms with van der Waals surface area (Å²) in [6, 6.07) is 0.406. The van der Waals surface area contributed by atoms with E-state index in [2.05, 4.69) is 13.5 Å². The van der Waals surface area contributed by atoms with E-state index in [0.29, 0.717) is 6.04 Å². The van der Waals surface area contributed by atoms with Gasteiger partial charge in [0.1, 0.15) is 0 Å². The van der Waals surface area contributed by atoms with Gasteiger partial charge in [0.2, 0.25) is 0 Å². The second-order valence-corrected chi connectivity index (χ2v) is 5.34. The molecule has 1 rings (SSSR count). The average Bonchev–Trinajstić information content (AvgIpc) is 2.25. The number of nitrogens with two attached hydrogens (primary N) is 1. The third-order valence-corrected chi connectivity index (χ3v) is 3.61. The van der Waals surface area contributed by atoms with Crippen molar-refractivity contribution in [1.29, 1.82) is 0 Å². The molecule has 0 amide bonds. The lowest BCUT2D eigenvalue weighted by Gasteiger charge is -2.22. The van der Waals surface area contributed by atoms with Gasteiger partial charge < -0.3 is 5.73 Å². The van der Waals surface area contributed by atoms with E-state index in [1.807, 2.05) is 0 Å². The molecule has 0 saturated heterocycles. The summed E-state index contributed by atoms with van der Waals surface area (Å²) < 4.78 is 0. The molecule has 0 aromatic carbocycles. The Morgan fingerprint density at radius 2 is 1.93 bits per heavy atom. The molecule has 1 heteroatoms. The first-order chi connectivity index (χ1) is 7.18. The summed E-state index contributed by atoms with van der Waals surface area (Å²) in [7, 11) is 0. The molecule has 0 aliphatic heterocycles. The monoisotopic (exact) mass is 209 g/mol. The molecule has 0 aromatic heterocycles. The quantitative estimate of drug-likeness (QED) is 0.657. The topological polar surface area (TPSA) is 26.0 Å². The van der Waals surface area contributed by atoms with Gasteiger partial charge in [0.15, 0.2) is 0 Å². The first-order valence-corrected chi connectivity index (χ1v) is 6.58. The summed E-state index contributed by atoms with van der Waals surface area (Å²) in [6.07, 6.45) is 12.1. The van der Waals surface area contributed by atoms with Crippen LogP contribution in [0.3, 0.4) is 0 Å². The molecular weight excluding hydrogens is 182 g/mol. The fourth-order valence-corrected chi connectivity index (χ4v) is 2.50. The van der Waals surface area contributed by atoms with Crippen LogP contribution in [-0.4, -0.2) is 6.04 Å². The predicted molar refractivity (Wildman–Crippen MR) is 67.8 cm³/mol. The Morgan fingerprint density at radius 3 is 2.53 bits per heavy atom. The van der Waals surface area contributed by atoms with E-state index in [9.17, 15) is 0 Å². The van der Waals surface area contributed by atoms with E-state index < -0.39 is 0 Å². The van der Waals surface area contributed by atoms with E-state index in [1.165, 1.54) is 50.5 Å². The van der Waals surface area contributed by atoms with Gasteiger partial charge in [-0.1, -0.05) is 37.7 Å². The molecule has 2 N–H and O–H groups in total. The molecule has 1 fully saturated rings. The Hall–Kier alpha value is -0.300. The van der Waals surface area contributed by atoms with Gasteiger partial charge in [-0.3, -0.25) is 0 Å². The molecule has 88 valence electrons. The lowest BCUT2D eigenvalue weighted by molar-refractivity contribution is 0.321. The van der Waals surface area contributed by atoms with Crippen LogP contribution in [0.2, 0.25) is 0 Å². The van der Waals surface area contributed by atoms with Crippen LogP contribution in [-0.2, 0) is 0 Å². The van der Waals surface area contributed by atoms with Crippen molar-refractivity contribution in [3.63, 3.8) is 0 Å². The summed E-state index contributed by atoms with van der Waals surface area (Å²) in [5, 5.41) is 0. The van der Waals surface area contributed by atoms with E-state index >= 15 is 0 Å². The lowest BCUT2D eigenvalue weighted by atomic mass is 9.85. The molecule has 0 spiro atoms. The minimum Gasteiger partial charge on any atom is -0.328 e. The maximum Gasteiger partial charge on any atom is 0.00419 e. The van der Waals surface area contributed by atoms with Crippen LogP contribution in [0.5, 0.6) is 0 Å². The highest BCUT2D eigenvalue weighted by atomic mass is 14.6. The smallest absolute Gasteiger partial charge is 0.00419 e. The standard InChI is InChI=1S/C14H27N/c1-12(2)8-10-14(15)11-9-13-6-4-3-5-7-13/h13-14H,1,3-11,15H2,2H3. The highest BCUT2D eigenvalue weighted by molar-refractivity contribution is 4.88. The molecule has 0 heterocycles. The molecule has 0 aromatic rings. The van der Waals surface area contributed by atoms with Gasteiger partial charge in [0.05, 0.1) is 0 Å². The van der Waals surface area contributed by atoms with Gasteiger partial charge in [-0.15, -0.1) is 6.58 Å². The zero-order chi connectivity index (χ0) is 11.1. The van der Waals surface area contributed by atoms with Gasteiger partial charge in [-0.2, -0.15) is 0 Å². The van der Waals surface area contributed by atoms with Crippen LogP contribution in [0.4, 0.5) is 0 Å². The minimum absolute atomic E-state index is 0.406. The molecule has 1 unspecified atom stereocenters. The van der Waals surface area contributed by atoms with E-state index in [4.69, 9.17) is 5.73 Å². The van der Waals surface area contributed by atoms with Crippen LogP contribution < -0.4 is 5.73 Å². The van der Waals surface area contributed by atoms with Crippen molar-refractivity contribution in [2.75, 3.05) is 0 Å². The third-order valence-electron chi connectivity index (χ3n) is 3.61. The van der Waals surface area contributed by atoms with E-state index in [-0.39, 0.29) is 0 Å². The maximum absolute atomic E-state index is 6.10. The Kier molecular flexibility index (Phi) is 6.00. The van der Waals surface area contributed by atoms with Crippen molar-refractivity contribution >= 4 is 0 Å². The second-order valence-electron chi connectivity index (χ2n) is 5.34. The van der Waals surface area contributed by atoms with E-state index in [1.54, 1.807) is 0 Å². The summed E-state index contributed by atoms with van der Waals surface area (Å²) in [5.41, 5.74) is 7.36. The molecular formula is C14H27N. The number of rotatable bonds is 6. The zero-order valence-corrected chi connectivity index (χ0v) is 10.3. The maximum atomic E-state index is 6.10. The van der Waals surface area contributed by atoms with Crippen LogP contribution in [0, 0.1) is 5.92 Å². The summed E-state index contributed by atoms with van der Waals surface area (Å²) >= 11 is 0. The van der Waals surface area contributed by atoms with Gasteiger partial charge in [-0.05, 0) is 38.5 Å². The Morgan fingerprint density at radius 1 is 1.27 bits per heavy atom. The number of hydrogen-bond donors (Lipinski definition) is 1. The molecule has 0 bridgehead atoms. The second kappa shape index (κ2) is 7.05. The molecule has 1 aliphatic rings. The Balaban J connectivity index is 2.04. The average molecular weight is 209 g/mol. The largest absolute Gasteiger partial charge is 0.328 e. The van der Waals surface area contributed by atoms with Crippen molar-refractivity contribution in [2.45, 2.75) is 70.8 Å². The van der Waals surface area contributed by atoms with Gasteiger partial charge >= 0.3 is 0 Å². The first-order valence-electron chi connectivity index (χ1n) is 6.58. The molecule has 1 aliphatic carbocycles. The van der Waals surface area contributed by atoms with Crippen LogP contribution in [0.1, 0.15) is 64.7 Å². The summed E-state index contributed by atoms with van der Waals surface area (Å²) in [4.78, 5) is 0. The fraction of sp³-hybridized carbons (Fsp3) is 0.857. The Bertz CT molecular complexity index is 180. The van der Waals surface area contributed by atoms with Crippen molar-refractivity contribution in [2.24, 2.45) is 11.7 Å². The summed E-state index contributed by atoms with van der Waals surface area (Å²) in [6.45, 7) is 6.01. The lowest BCUT2D eigenvalue weighted by Crippen LogP contribution is -2.21. The van der Waals surface area contributed by atoms with Crippen LogP contribution in [0.15, 0.2) is 12.2 Å². The van der Waals surface area contributed by atoms with Crippen molar-refractivity contribution in [3.8, 4) is 0 Å². The third kappa shape index (κ3) is 5.99. The van der Waals surface area contributed by atoms with Crippen LogP contribution >= 0.6 is 0 Å². The molecule has 15 heavy (non-hydrogen) atoms. The predicted octanol–water partition coefficient (Wildman–Crippen LogP) is 4.03. The molecule has 1 atom stereocenters. The fourth-order valence-electron chi connectivity index (χ4n) is 2.50. The molecule has 0 radical (unpaired) electrons. The number of hydrogen-bond acceptors (Lipinski definition) is 1. The summed E-state index contributed by atoms with van der Waals surface area (Å²) in [5.74, 6) is 0.981. The molecule has 1 nitrogen and oxygen atoms in total. The van der Waals surface area contributed by atoms with Gasteiger partial charge in [0.25, 0.3) is 0 Å². The van der Waals surface area contributed by atoms with E-state index in [0.717, 1.165) is 18.8 Å². The zero-order valence-electron chi connectivity index (χ0n) is 10.3. The van der Waals surface area contributed by atoms with Crippen molar-refractivity contribution < 1.29 is 0 Å². The first kappa shape index (κ1) is 12.8. The number of allylic oxidation sites excluding steroid dienone is 1.